The van der Waals surface area contributed by atoms with E-state index in [0.717, 1.165) is 5.56 Å². The van der Waals surface area contributed by atoms with Gasteiger partial charge in [-0.3, -0.25) is 0 Å². The third-order valence-corrected chi connectivity index (χ3v) is 7.77. The zero-order valence-corrected chi connectivity index (χ0v) is 13.7. The summed E-state index contributed by atoms with van der Waals surface area (Å²) in [4.78, 5) is 0.205. The number of sulfone groups is 1. The Labute approximate surface area is 125 Å². The second-order valence-corrected chi connectivity index (χ2v) is 9.41. The van der Waals surface area contributed by atoms with Crippen LogP contribution in [0.2, 0.25) is 0 Å². The summed E-state index contributed by atoms with van der Waals surface area (Å²) in [5.41, 5.74) is 7.01. The van der Waals surface area contributed by atoms with E-state index in [4.69, 9.17) is 5.73 Å². The lowest BCUT2D eigenvalue weighted by Gasteiger charge is -2.32. The van der Waals surface area contributed by atoms with Crippen LogP contribution < -0.4 is 5.73 Å². The topological polar surface area (TPSA) is 97.5 Å². The zero-order chi connectivity index (χ0) is 15.8. The van der Waals surface area contributed by atoms with Crippen molar-refractivity contribution < 1.29 is 16.8 Å². The third-order valence-electron chi connectivity index (χ3n) is 3.81. The summed E-state index contributed by atoms with van der Waals surface area (Å²) in [5, 5.41) is 0. The fourth-order valence-electron chi connectivity index (χ4n) is 2.63. The molecule has 1 fully saturated rings. The van der Waals surface area contributed by atoms with Gasteiger partial charge in [0.1, 0.15) is 0 Å². The van der Waals surface area contributed by atoms with Gasteiger partial charge in [0.25, 0.3) is 0 Å². The average Bonchev–Trinajstić information content (AvgIpc) is 2.37. The van der Waals surface area contributed by atoms with Crippen molar-refractivity contribution in [2.75, 3.05) is 18.1 Å². The van der Waals surface area contributed by atoms with E-state index < -0.39 is 25.9 Å². The zero-order valence-electron chi connectivity index (χ0n) is 12.1. The Morgan fingerprint density at radius 1 is 1.38 bits per heavy atom. The standard InChI is InChI=1S/C13H20N2O4S2/c1-10-9-20(16,17)7-6-15(10)21(18,19)13-5-3-4-12(8-14)11(13)2/h3-5,10H,6-9,14H2,1-2H3. The maximum Gasteiger partial charge on any atom is 0.243 e. The predicted molar refractivity (Wildman–Crippen MR) is 81.1 cm³/mol. The van der Waals surface area contributed by atoms with Crippen molar-refractivity contribution in [2.45, 2.75) is 31.3 Å². The molecule has 2 rings (SSSR count). The van der Waals surface area contributed by atoms with Gasteiger partial charge in [-0.2, -0.15) is 4.31 Å². The molecule has 8 heteroatoms. The highest BCUT2D eigenvalue weighted by Crippen LogP contribution is 2.26. The van der Waals surface area contributed by atoms with Gasteiger partial charge in [0.05, 0.1) is 16.4 Å². The fraction of sp³-hybridized carbons (Fsp3) is 0.538. The van der Waals surface area contributed by atoms with Crippen LogP contribution in [0.1, 0.15) is 18.1 Å². The molecule has 1 aromatic carbocycles. The first-order valence-electron chi connectivity index (χ1n) is 6.70. The van der Waals surface area contributed by atoms with Gasteiger partial charge in [-0.15, -0.1) is 0 Å². The van der Waals surface area contributed by atoms with Crippen LogP contribution in [0.3, 0.4) is 0 Å². The van der Waals surface area contributed by atoms with E-state index in [1.807, 2.05) is 0 Å². The van der Waals surface area contributed by atoms with Crippen LogP contribution in [0, 0.1) is 6.92 Å². The van der Waals surface area contributed by atoms with Crippen molar-refractivity contribution in [1.82, 2.24) is 4.31 Å². The summed E-state index contributed by atoms with van der Waals surface area (Å²) in [6.45, 7) is 3.61. The molecule has 1 unspecified atom stereocenters. The highest BCUT2D eigenvalue weighted by atomic mass is 32.2. The molecule has 1 aliphatic rings. The Bertz CT molecular complexity index is 741. The van der Waals surface area contributed by atoms with Crippen molar-refractivity contribution in [2.24, 2.45) is 5.73 Å². The predicted octanol–water partition coefficient (Wildman–Crippen LogP) is 0.261. The Hall–Kier alpha value is -0.960. The molecule has 1 atom stereocenters. The van der Waals surface area contributed by atoms with E-state index in [-0.39, 0.29) is 29.5 Å². The van der Waals surface area contributed by atoms with Crippen LogP contribution >= 0.6 is 0 Å². The molecule has 21 heavy (non-hydrogen) atoms. The van der Waals surface area contributed by atoms with Gasteiger partial charge in [0, 0.05) is 19.1 Å². The van der Waals surface area contributed by atoms with Gasteiger partial charge in [-0.1, -0.05) is 12.1 Å². The van der Waals surface area contributed by atoms with E-state index in [1.165, 1.54) is 4.31 Å². The molecule has 1 heterocycles. The number of nitrogens with zero attached hydrogens (tertiary/aromatic N) is 1. The first-order chi connectivity index (χ1) is 9.69. The Balaban J connectivity index is 2.44. The van der Waals surface area contributed by atoms with Crippen molar-refractivity contribution in [3.8, 4) is 0 Å². The number of hydrogen-bond donors (Lipinski definition) is 1. The van der Waals surface area contributed by atoms with E-state index in [1.54, 1.807) is 32.0 Å². The van der Waals surface area contributed by atoms with Crippen LogP contribution in [-0.2, 0) is 26.4 Å². The number of benzene rings is 1. The molecule has 0 aliphatic carbocycles. The first-order valence-corrected chi connectivity index (χ1v) is 9.96. The molecule has 1 aromatic rings. The summed E-state index contributed by atoms with van der Waals surface area (Å²) in [7, 11) is -6.87. The monoisotopic (exact) mass is 332 g/mol. The van der Waals surface area contributed by atoms with E-state index in [9.17, 15) is 16.8 Å². The van der Waals surface area contributed by atoms with Crippen LogP contribution in [0.15, 0.2) is 23.1 Å². The lowest BCUT2D eigenvalue weighted by atomic mass is 10.1. The molecule has 2 N–H and O–H groups in total. The van der Waals surface area contributed by atoms with Crippen molar-refractivity contribution >= 4 is 19.9 Å². The molecule has 0 aromatic heterocycles. The molecule has 1 saturated heterocycles. The number of nitrogens with two attached hydrogens (primary N) is 1. The smallest absolute Gasteiger partial charge is 0.243 e. The Morgan fingerprint density at radius 2 is 2.05 bits per heavy atom. The Kier molecular flexibility index (Phi) is 4.44. The van der Waals surface area contributed by atoms with Gasteiger partial charge < -0.3 is 5.73 Å². The normalized spacial score (nSPS) is 23.1. The first kappa shape index (κ1) is 16.4. The highest BCUT2D eigenvalue weighted by Gasteiger charge is 2.37. The second-order valence-electron chi connectivity index (χ2n) is 5.32. The van der Waals surface area contributed by atoms with Gasteiger partial charge >= 0.3 is 0 Å². The van der Waals surface area contributed by atoms with E-state index >= 15 is 0 Å². The quantitative estimate of drug-likeness (QED) is 0.856. The van der Waals surface area contributed by atoms with Crippen LogP contribution in [0.5, 0.6) is 0 Å². The van der Waals surface area contributed by atoms with Gasteiger partial charge in [0.15, 0.2) is 9.84 Å². The van der Waals surface area contributed by atoms with E-state index in [0.29, 0.717) is 5.56 Å². The number of hydrogen-bond acceptors (Lipinski definition) is 5. The minimum atomic E-state index is -3.71. The van der Waals surface area contributed by atoms with Gasteiger partial charge in [0.2, 0.25) is 10.0 Å². The summed E-state index contributed by atoms with van der Waals surface area (Å²) >= 11 is 0. The lowest BCUT2D eigenvalue weighted by molar-refractivity contribution is 0.356. The second kappa shape index (κ2) is 5.68. The molecular formula is C13H20N2O4S2. The molecule has 0 bridgehead atoms. The average molecular weight is 332 g/mol. The van der Waals surface area contributed by atoms with Crippen molar-refractivity contribution in [3.05, 3.63) is 29.3 Å². The van der Waals surface area contributed by atoms with Gasteiger partial charge in [-0.25, -0.2) is 16.8 Å². The minimum Gasteiger partial charge on any atom is -0.326 e. The molecule has 0 amide bonds. The van der Waals surface area contributed by atoms with Crippen LogP contribution in [0.25, 0.3) is 0 Å². The largest absolute Gasteiger partial charge is 0.326 e. The molecular weight excluding hydrogens is 312 g/mol. The lowest BCUT2D eigenvalue weighted by Crippen LogP contribution is -2.49. The van der Waals surface area contributed by atoms with E-state index in [2.05, 4.69) is 0 Å². The van der Waals surface area contributed by atoms with Crippen LogP contribution in [-0.4, -0.2) is 45.2 Å². The molecule has 0 radical (unpaired) electrons. The fourth-order valence-corrected chi connectivity index (χ4v) is 6.29. The molecule has 118 valence electrons. The summed E-state index contributed by atoms with van der Waals surface area (Å²) in [5.74, 6) is -0.270. The SMILES string of the molecule is Cc1c(CN)cccc1S(=O)(=O)N1CCS(=O)(=O)CC1C. The summed E-state index contributed by atoms with van der Waals surface area (Å²) in [6.07, 6.45) is 0. The Morgan fingerprint density at radius 3 is 2.62 bits per heavy atom. The minimum absolute atomic E-state index is 0.00186. The van der Waals surface area contributed by atoms with Crippen LogP contribution in [0.4, 0.5) is 0 Å². The molecule has 1 aliphatic heterocycles. The summed E-state index contributed by atoms with van der Waals surface area (Å²) in [6, 6.07) is 4.43. The number of rotatable bonds is 3. The molecule has 0 spiro atoms. The third kappa shape index (κ3) is 3.13. The summed E-state index contributed by atoms with van der Waals surface area (Å²) < 4.78 is 50.0. The van der Waals surface area contributed by atoms with Crippen molar-refractivity contribution in [3.63, 3.8) is 0 Å². The van der Waals surface area contributed by atoms with Crippen molar-refractivity contribution in [1.29, 1.82) is 0 Å². The highest BCUT2D eigenvalue weighted by molar-refractivity contribution is 7.92. The molecule has 6 nitrogen and oxygen atoms in total. The maximum absolute atomic E-state index is 12.8. The maximum atomic E-state index is 12.8. The van der Waals surface area contributed by atoms with Gasteiger partial charge in [-0.05, 0) is 31.0 Å². The molecule has 0 saturated carbocycles. The number of sulfonamides is 1.